The Bertz CT molecular complexity index is 634. The molecule has 8 heteroatoms. The first-order chi connectivity index (χ1) is 9.42. The van der Waals surface area contributed by atoms with Crippen LogP contribution in [-0.4, -0.2) is 23.8 Å². The molecule has 0 aliphatic heterocycles. The second-order valence-electron chi connectivity index (χ2n) is 3.96. The molecule has 3 N–H and O–H groups in total. The van der Waals surface area contributed by atoms with Gasteiger partial charge in [-0.1, -0.05) is 17.3 Å². The van der Waals surface area contributed by atoms with E-state index in [0.29, 0.717) is 11.0 Å². The summed E-state index contributed by atoms with van der Waals surface area (Å²) in [7, 11) is 0. The highest BCUT2D eigenvalue weighted by molar-refractivity contribution is 6.03. The van der Waals surface area contributed by atoms with E-state index in [1.165, 1.54) is 0 Å². The highest BCUT2D eigenvalue weighted by Gasteiger charge is 2.28. The van der Waals surface area contributed by atoms with E-state index >= 15 is 0 Å². The second kappa shape index (κ2) is 5.32. The molecule has 0 unspecified atom stereocenters. The van der Waals surface area contributed by atoms with Gasteiger partial charge in [0.05, 0.1) is 18.4 Å². The fourth-order valence-electron chi connectivity index (χ4n) is 1.65. The lowest BCUT2D eigenvalue weighted by atomic mass is 10.2. The van der Waals surface area contributed by atoms with Crippen molar-refractivity contribution in [2.75, 3.05) is 6.61 Å². The van der Waals surface area contributed by atoms with Gasteiger partial charge in [-0.15, -0.1) is 0 Å². The number of halogens is 3. The molecule has 0 amide bonds. The summed E-state index contributed by atoms with van der Waals surface area (Å²) in [6.45, 7) is -0.585. The predicted octanol–water partition coefficient (Wildman–Crippen LogP) is 2.86. The number of benzene rings is 1. The zero-order chi connectivity index (χ0) is 14.8. The molecule has 0 saturated heterocycles. The monoisotopic (exact) mass is 288 g/mol. The van der Waals surface area contributed by atoms with E-state index in [-0.39, 0.29) is 17.3 Å². The summed E-state index contributed by atoms with van der Waals surface area (Å²) in [6, 6.07) is 6.56. The molecule has 2 rings (SSSR count). The van der Waals surface area contributed by atoms with Crippen molar-refractivity contribution < 1.29 is 27.5 Å². The normalized spacial score (nSPS) is 12.8. The minimum absolute atomic E-state index is 0.0279. The van der Waals surface area contributed by atoms with E-state index in [1.807, 2.05) is 0 Å². The Labute approximate surface area is 111 Å². The lowest BCUT2D eigenvalue weighted by Gasteiger charge is -2.08. The van der Waals surface area contributed by atoms with Crippen molar-refractivity contribution in [3.8, 4) is 5.75 Å². The third kappa shape index (κ3) is 2.95. The van der Waals surface area contributed by atoms with Crippen LogP contribution in [0.25, 0.3) is 11.0 Å². The van der Waals surface area contributed by atoms with Crippen molar-refractivity contribution in [3.63, 3.8) is 0 Å². The minimum atomic E-state index is -4.32. The lowest BCUT2D eigenvalue weighted by Crippen LogP contribution is -2.16. The smallest absolute Gasteiger partial charge is 0.392 e. The van der Waals surface area contributed by atoms with E-state index in [9.17, 15) is 13.2 Å². The standard InChI is InChI=1S/C12H11F3N2O3/c13-12(14,15)5-6-19-9-7-3-1-2-4-8(7)20-10(9)11(16)17-18/h1-4,18H,5-6H2,(H2,16,17). The van der Waals surface area contributed by atoms with Gasteiger partial charge in [0.15, 0.2) is 5.75 Å². The van der Waals surface area contributed by atoms with E-state index in [4.69, 9.17) is 20.1 Å². The van der Waals surface area contributed by atoms with Crippen molar-refractivity contribution >= 4 is 16.8 Å². The van der Waals surface area contributed by atoms with Crippen LogP contribution in [-0.2, 0) is 0 Å². The average Bonchev–Trinajstić information content (AvgIpc) is 2.76. The molecule has 108 valence electrons. The lowest BCUT2D eigenvalue weighted by molar-refractivity contribution is -0.139. The number of amidine groups is 1. The topological polar surface area (TPSA) is 81.0 Å². The Hall–Kier alpha value is -2.38. The molecule has 0 atom stereocenters. The Kier molecular flexibility index (Phi) is 3.73. The molecule has 1 heterocycles. The van der Waals surface area contributed by atoms with Gasteiger partial charge in [0, 0.05) is 0 Å². The third-order valence-electron chi connectivity index (χ3n) is 2.52. The Morgan fingerprint density at radius 2 is 2.05 bits per heavy atom. The zero-order valence-electron chi connectivity index (χ0n) is 10.1. The maximum absolute atomic E-state index is 12.1. The van der Waals surface area contributed by atoms with Crippen molar-refractivity contribution in [2.24, 2.45) is 10.9 Å². The number of fused-ring (bicyclic) bond motifs is 1. The number of nitrogens with zero attached hydrogens (tertiary/aromatic N) is 1. The van der Waals surface area contributed by atoms with Crippen LogP contribution in [0.3, 0.4) is 0 Å². The van der Waals surface area contributed by atoms with Crippen LogP contribution in [0.4, 0.5) is 13.2 Å². The number of hydrogen-bond acceptors (Lipinski definition) is 4. The van der Waals surface area contributed by atoms with Crippen molar-refractivity contribution in [3.05, 3.63) is 30.0 Å². The van der Waals surface area contributed by atoms with Gasteiger partial charge in [-0.05, 0) is 12.1 Å². The van der Waals surface area contributed by atoms with Crippen LogP contribution in [0.15, 0.2) is 33.8 Å². The largest absolute Gasteiger partial charge is 0.488 e. The predicted molar refractivity (Wildman–Crippen MR) is 64.9 cm³/mol. The molecule has 0 aliphatic rings. The van der Waals surface area contributed by atoms with Gasteiger partial charge in [0.2, 0.25) is 11.6 Å². The van der Waals surface area contributed by atoms with Crippen LogP contribution in [0.2, 0.25) is 0 Å². The number of rotatable bonds is 4. The molecule has 20 heavy (non-hydrogen) atoms. The number of nitrogens with two attached hydrogens (primary N) is 1. The molecule has 5 nitrogen and oxygen atoms in total. The van der Waals surface area contributed by atoms with Crippen molar-refractivity contribution in [1.82, 2.24) is 0 Å². The average molecular weight is 288 g/mol. The van der Waals surface area contributed by atoms with Gasteiger partial charge >= 0.3 is 6.18 Å². The summed E-state index contributed by atoms with van der Waals surface area (Å²) in [4.78, 5) is 0. The van der Waals surface area contributed by atoms with E-state index in [0.717, 1.165) is 0 Å². The van der Waals surface area contributed by atoms with E-state index in [2.05, 4.69) is 5.16 Å². The van der Waals surface area contributed by atoms with Gasteiger partial charge in [-0.3, -0.25) is 0 Å². The molecule has 1 aromatic heterocycles. The van der Waals surface area contributed by atoms with Crippen LogP contribution in [0.5, 0.6) is 5.75 Å². The molecule has 0 spiro atoms. The van der Waals surface area contributed by atoms with Gasteiger partial charge in [0.1, 0.15) is 5.58 Å². The fourth-order valence-corrected chi connectivity index (χ4v) is 1.65. The fraction of sp³-hybridized carbons (Fsp3) is 0.250. The first-order valence-corrected chi connectivity index (χ1v) is 5.61. The Morgan fingerprint density at radius 1 is 1.35 bits per heavy atom. The van der Waals surface area contributed by atoms with E-state index < -0.39 is 19.2 Å². The summed E-state index contributed by atoms with van der Waals surface area (Å²) in [5.41, 5.74) is 5.79. The molecule has 0 bridgehead atoms. The number of oxime groups is 1. The maximum Gasteiger partial charge on any atom is 0.392 e. The van der Waals surface area contributed by atoms with Gasteiger partial charge < -0.3 is 20.1 Å². The number of furan rings is 1. The van der Waals surface area contributed by atoms with Crippen LogP contribution in [0.1, 0.15) is 12.2 Å². The molecular weight excluding hydrogens is 277 g/mol. The summed E-state index contributed by atoms with van der Waals surface area (Å²) in [6.07, 6.45) is -5.43. The first-order valence-electron chi connectivity index (χ1n) is 5.61. The molecule has 0 saturated carbocycles. The van der Waals surface area contributed by atoms with Crippen LogP contribution >= 0.6 is 0 Å². The van der Waals surface area contributed by atoms with Crippen LogP contribution < -0.4 is 10.5 Å². The zero-order valence-corrected chi connectivity index (χ0v) is 10.1. The summed E-state index contributed by atoms with van der Waals surface area (Å²) in [5.74, 6) is -0.445. The molecule has 0 fully saturated rings. The summed E-state index contributed by atoms with van der Waals surface area (Å²) in [5, 5.41) is 11.9. The highest BCUT2D eigenvalue weighted by atomic mass is 19.4. The van der Waals surface area contributed by atoms with Crippen LogP contribution in [0, 0.1) is 0 Å². The molecular formula is C12H11F3N2O3. The quantitative estimate of drug-likeness (QED) is 0.392. The number of ether oxygens (including phenoxy) is 1. The van der Waals surface area contributed by atoms with Crippen molar-refractivity contribution in [1.29, 1.82) is 0 Å². The van der Waals surface area contributed by atoms with Crippen molar-refractivity contribution in [2.45, 2.75) is 12.6 Å². The van der Waals surface area contributed by atoms with Gasteiger partial charge in [-0.2, -0.15) is 13.2 Å². The van der Waals surface area contributed by atoms with Gasteiger partial charge in [-0.25, -0.2) is 0 Å². The van der Waals surface area contributed by atoms with E-state index in [1.54, 1.807) is 24.3 Å². The Morgan fingerprint density at radius 3 is 2.70 bits per heavy atom. The minimum Gasteiger partial charge on any atom is -0.488 e. The summed E-state index contributed by atoms with van der Waals surface area (Å²) < 4.78 is 46.8. The Balaban J connectivity index is 2.34. The van der Waals surface area contributed by atoms with Gasteiger partial charge in [0.25, 0.3) is 0 Å². The number of hydrogen-bond donors (Lipinski definition) is 2. The summed E-state index contributed by atoms with van der Waals surface area (Å²) >= 11 is 0. The molecule has 0 radical (unpaired) electrons. The SMILES string of the molecule is N/C(=N/O)c1oc2ccccc2c1OCCC(F)(F)F. The second-order valence-corrected chi connectivity index (χ2v) is 3.96. The maximum atomic E-state index is 12.1. The molecule has 2 aromatic rings. The number of alkyl halides is 3. The molecule has 1 aromatic carbocycles. The highest BCUT2D eigenvalue weighted by Crippen LogP contribution is 2.33. The third-order valence-corrected chi connectivity index (χ3v) is 2.52. The molecule has 0 aliphatic carbocycles. The number of para-hydroxylation sites is 1. The first kappa shape index (κ1) is 14.0.